The van der Waals surface area contributed by atoms with Crippen molar-refractivity contribution in [3.63, 3.8) is 0 Å². The van der Waals surface area contributed by atoms with Gasteiger partial charge in [-0.25, -0.2) is 9.37 Å². The molecule has 80 valence electrons. The molecule has 0 fully saturated rings. The zero-order valence-electron chi connectivity index (χ0n) is 9.08. The maximum absolute atomic E-state index is 13.7. The molecule has 0 aliphatic rings. The molecule has 2 rings (SSSR count). The smallest absolute Gasteiger partial charge is 0.152 e. The second-order valence-corrected chi connectivity index (χ2v) is 4.61. The molecule has 0 saturated heterocycles. The summed E-state index contributed by atoms with van der Waals surface area (Å²) in [5.41, 5.74) is 6.26. The van der Waals surface area contributed by atoms with Crippen LogP contribution in [0.2, 0.25) is 0 Å². The lowest BCUT2D eigenvalue weighted by Crippen LogP contribution is -2.20. The van der Waals surface area contributed by atoms with E-state index in [0.717, 1.165) is 5.52 Å². The molecule has 3 nitrogen and oxygen atoms in total. The van der Waals surface area contributed by atoms with Crippen molar-refractivity contribution in [1.82, 2.24) is 9.55 Å². The lowest BCUT2D eigenvalue weighted by atomic mass is 10.1. The molecule has 0 aromatic carbocycles. The molecule has 0 spiro atoms. The van der Waals surface area contributed by atoms with Crippen molar-refractivity contribution in [2.45, 2.75) is 26.3 Å². The Bertz CT molecular complexity index is 508. The summed E-state index contributed by atoms with van der Waals surface area (Å²) in [4.78, 5) is 3.89. The van der Waals surface area contributed by atoms with E-state index in [2.05, 4.69) is 4.98 Å². The number of nitrogens with zero attached hydrogens (tertiary/aromatic N) is 2. The number of anilines is 1. The molecular formula is C11H14FN3. The summed E-state index contributed by atoms with van der Waals surface area (Å²) in [5, 5.41) is 0.410. The molecular weight excluding hydrogens is 193 g/mol. The van der Waals surface area contributed by atoms with E-state index in [9.17, 15) is 4.39 Å². The molecule has 4 heteroatoms. The van der Waals surface area contributed by atoms with Gasteiger partial charge in [0.05, 0.1) is 10.9 Å². The predicted octanol–water partition coefficient (Wildman–Crippen LogP) is 2.51. The highest BCUT2D eigenvalue weighted by Gasteiger charge is 2.19. The van der Waals surface area contributed by atoms with Crippen LogP contribution in [0, 0.1) is 5.82 Å². The minimum Gasteiger partial charge on any atom is -0.383 e. The first-order chi connectivity index (χ1) is 6.91. The third-order valence-electron chi connectivity index (χ3n) is 2.42. The van der Waals surface area contributed by atoms with Crippen LogP contribution in [-0.2, 0) is 5.54 Å². The van der Waals surface area contributed by atoms with Crippen molar-refractivity contribution in [1.29, 1.82) is 0 Å². The number of nitrogen functional groups attached to an aromatic ring is 1. The van der Waals surface area contributed by atoms with Crippen LogP contribution in [0.1, 0.15) is 20.8 Å². The van der Waals surface area contributed by atoms with Crippen LogP contribution in [0.25, 0.3) is 10.9 Å². The normalized spacial score (nSPS) is 12.3. The first-order valence-electron chi connectivity index (χ1n) is 4.83. The molecule has 0 aliphatic heterocycles. The Labute approximate surface area is 87.7 Å². The molecule has 0 amide bonds. The maximum Gasteiger partial charge on any atom is 0.152 e. The molecule has 0 aliphatic carbocycles. The van der Waals surface area contributed by atoms with Gasteiger partial charge in [-0.15, -0.1) is 0 Å². The minimum absolute atomic E-state index is 0.170. The van der Waals surface area contributed by atoms with Crippen molar-refractivity contribution < 1.29 is 4.39 Å². The molecule has 2 heterocycles. The number of halogens is 1. The third kappa shape index (κ3) is 1.46. The molecule has 0 saturated carbocycles. The first kappa shape index (κ1) is 9.96. The fraction of sp³-hybridized carbons (Fsp3) is 0.364. The Balaban J connectivity index is 2.85. The van der Waals surface area contributed by atoms with Gasteiger partial charge in [0.1, 0.15) is 5.82 Å². The molecule has 0 bridgehead atoms. The molecule has 2 aromatic heterocycles. The molecule has 0 atom stereocenters. The fourth-order valence-corrected chi connectivity index (χ4v) is 1.72. The number of hydrogen-bond acceptors (Lipinski definition) is 2. The average molecular weight is 207 g/mol. The predicted molar refractivity (Wildman–Crippen MR) is 59.1 cm³/mol. The van der Waals surface area contributed by atoms with E-state index in [4.69, 9.17) is 5.73 Å². The average Bonchev–Trinajstić information content (AvgIpc) is 2.44. The summed E-state index contributed by atoms with van der Waals surface area (Å²) in [7, 11) is 0. The molecule has 0 radical (unpaired) electrons. The zero-order chi connectivity index (χ0) is 11.2. The third-order valence-corrected chi connectivity index (χ3v) is 2.42. The second-order valence-electron chi connectivity index (χ2n) is 4.61. The van der Waals surface area contributed by atoms with Crippen LogP contribution in [-0.4, -0.2) is 9.55 Å². The quantitative estimate of drug-likeness (QED) is 0.721. The number of aromatic nitrogens is 2. The number of fused-ring (bicyclic) bond motifs is 1. The fourth-order valence-electron chi connectivity index (χ4n) is 1.72. The second kappa shape index (κ2) is 2.95. The van der Waals surface area contributed by atoms with Gasteiger partial charge in [0, 0.05) is 17.9 Å². The van der Waals surface area contributed by atoms with Crippen molar-refractivity contribution in [2.75, 3.05) is 5.73 Å². The molecule has 2 N–H and O–H groups in total. The van der Waals surface area contributed by atoms with E-state index in [0.29, 0.717) is 5.39 Å². The number of pyridine rings is 1. The standard InChI is InChI=1S/C11H14FN3/c1-11(2,3)15-6-7(12)9-8(15)4-5-14-10(9)13/h4-6H,1-3H3,(H2,13,14). The highest BCUT2D eigenvalue weighted by Crippen LogP contribution is 2.28. The van der Waals surface area contributed by atoms with Gasteiger partial charge in [-0.3, -0.25) is 0 Å². The monoisotopic (exact) mass is 207 g/mol. The number of rotatable bonds is 0. The van der Waals surface area contributed by atoms with E-state index in [1.165, 1.54) is 6.20 Å². The molecule has 0 unspecified atom stereocenters. The van der Waals surface area contributed by atoms with E-state index in [-0.39, 0.29) is 17.2 Å². The van der Waals surface area contributed by atoms with Gasteiger partial charge < -0.3 is 10.3 Å². The largest absolute Gasteiger partial charge is 0.383 e. The first-order valence-corrected chi connectivity index (χ1v) is 4.83. The van der Waals surface area contributed by atoms with Crippen molar-refractivity contribution in [3.8, 4) is 0 Å². The van der Waals surface area contributed by atoms with Crippen LogP contribution in [0.4, 0.5) is 10.2 Å². The minimum atomic E-state index is -0.314. The summed E-state index contributed by atoms with van der Waals surface area (Å²) in [6, 6.07) is 1.78. The highest BCUT2D eigenvalue weighted by molar-refractivity contribution is 5.89. The van der Waals surface area contributed by atoms with Gasteiger partial charge in [0.15, 0.2) is 5.82 Å². The van der Waals surface area contributed by atoms with Gasteiger partial charge in [0.25, 0.3) is 0 Å². The van der Waals surface area contributed by atoms with Gasteiger partial charge in [-0.2, -0.15) is 0 Å². The summed E-state index contributed by atoms with van der Waals surface area (Å²) >= 11 is 0. The number of hydrogen-bond donors (Lipinski definition) is 1. The SMILES string of the molecule is CC(C)(C)n1cc(F)c2c(N)nccc21. The van der Waals surface area contributed by atoms with E-state index in [1.54, 1.807) is 12.3 Å². The van der Waals surface area contributed by atoms with E-state index in [1.807, 2.05) is 25.3 Å². The van der Waals surface area contributed by atoms with E-state index < -0.39 is 0 Å². The van der Waals surface area contributed by atoms with Crippen LogP contribution in [0.3, 0.4) is 0 Å². The lowest BCUT2D eigenvalue weighted by molar-refractivity contribution is 0.406. The van der Waals surface area contributed by atoms with Gasteiger partial charge in [-0.05, 0) is 26.8 Å². The Hall–Kier alpha value is -1.58. The van der Waals surface area contributed by atoms with Crippen molar-refractivity contribution >= 4 is 16.7 Å². The van der Waals surface area contributed by atoms with Gasteiger partial charge in [0.2, 0.25) is 0 Å². The summed E-state index contributed by atoms with van der Waals surface area (Å²) in [6.45, 7) is 6.05. The van der Waals surface area contributed by atoms with Crippen LogP contribution in [0.15, 0.2) is 18.5 Å². The van der Waals surface area contributed by atoms with Crippen LogP contribution < -0.4 is 5.73 Å². The van der Waals surface area contributed by atoms with Crippen molar-refractivity contribution in [2.24, 2.45) is 0 Å². The number of nitrogens with two attached hydrogens (primary N) is 1. The van der Waals surface area contributed by atoms with E-state index >= 15 is 0 Å². The topological polar surface area (TPSA) is 43.8 Å². The highest BCUT2D eigenvalue weighted by atomic mass is 19.1. The Morgan fingerprint density at radius 2 is 2.07 bits per heavy atom. The lowest BCUT2D eigenvalue weighted by Gasteiger charge is -2.22. The Kier molecular flexibility index (Phi) is 1.96. The van der Waals surface area contributed by atoms with Gasteiger partial charge >= 0.3 is 0 Å². The van der Waals surface area contributed by atoms with Crippen LogP contribution in [0.5, 0.6) is 0 Å². The zero-order valence-corrected chi connectivity index (χ0v) is 9.08. The summed E-state index contributed by atoms with van der Waals surface area (Å²) in [5.74, 6) is -0.0708. The Morgan fingerprint density at radius 3 is 2.67 bits per heavy atom. The molecule has 2 aromatic rings. The Morgan fingerprint density at radius 1 is 1.40 bits per heavy atom. The summed E-state index contributed by atoms with van der Waals surface area (Å²) < 4.78 is 15.5. The maximum atomic E-state index is 13.7. The molecule has 15 heavy (non-hydrogen) atoms. The van der Waals surface area contributed by atoms with Crippen molar-refractivity contribution in [3.05, 3.63) is 24.3 Å². The summed E-state index contributed by atoms with van der Waals surface area (Å²) in [6.07, 6.45) is 3.07. The van der Waals surface area contributed by atoms with Gasteiger partial charge in [-0.1, -0.05) is 0 Å². The van der Waals surface area contributed by atoms with Crippen LogP contribution >= 0.6 is 0 Å².